The molecular formula is C12H12N4OS. The van der Waals surface area contributed by atoms with E-state index in [2.05, 4.69) is 10.2 Å². The molecule has 0 unspecified atom stereocenters. The molecule has 0 aliphatic rings. The number of hydrogen-bond donors (Lipinski definition) is 1. The summed E-state index contributed by atoms with van der Waals surface area (Å²) in [4.78, 5) is 11.6. The van der Waals surface area contributed by atoms with Crippen molar-refractivity contribution in [1.82, 2.24) is 14.8 Å². The van der Waals surface area contributed by atoms with E-state index in [-0.39, 0.29) is 11.4 Å². The van der Waals surface area contributed by atoms with Gasteiger partial charge in [-0.1, -0.05) is 42.1 Å². The van der Waals surface area contributed by atoms with Crippen molar-refractivity contribution >= 4 is 11.8 Å². The van der Waals surface area contributed by atoms with Crippen LogP contribution in [-0.2, 0) is 13.0 Å². The molecule has 0 aliphatic heterocycles. The highest BCUT2D eigenvalue weighted by atomic mass is 32.2. The average Bonchev–Trinajstić information content (AvgIpc) is 2.76. The number of aryl methyl sites for hydroxylation is 1. The second-order valence-electron chi connectivity index (χ2n) is 3.65. The normalized spacial score (nSPS) is 10.2. The van der Waals surface area contributed by atoms with E-state index in [0.29, 0.717) is 11.7 Å². The van der Waals surface area contributed by atoms with Gasteiger partial charge in [0.05, 0.1) is 11.8 Å². The van der Waals surface area contributed by atoms with E-state index in [1.807, 2.05) is 36.4 Å². The zero-order valence-corrected chi connectivity index (χ0v) is 10.5. The van der Waals surface area contributed by atoms with E-state index < -0.39 is 0 Å². The highest BCUT2D eigenvalue weighted by molar-refractivity contribution is 7.99. The number of aromatic amines is 1. The maximum Gasteiger partial charge on any atom is 0.343 e. The first-order valence-electron chi connectivity index (χ1n) is 5.50. The van der Waals surface area contributed by atoms with Gasteiger partial charge < -0.3 is 0 Å². The lowest BCUT2D eigenvalue weighted by Gasteiger charge is -2.04. The molecule has 1 aromatic carbocycles. The van der Waals surface area contributed by atoms with E-state index in [4.69, 9.17) is 5.26 Å². The molecule has 0 spiro atoms. The Kier molecular flexibility index (Phi) is 4.20. The Morgan fingerprint density at radius 2 is 2.17 bits per heavy atom. The first kappa shape index (κ1) is 12.5. The Hall–Kier alpha value is -2.00. The standard InChI is InChI=1S/C12H12N4OS/c13-7-9-18-12-15-14-11(17)16(12)8-6-10-4-2-1-3-5-10/h1-5H,6,8-9H2,(H,14,17). The van der Waals surface area contributed by atoms with Crippen LogP contribution in [0.25, 0.3) is 0 Å². The Morgan fingerprint density at radius 3 is 2.89 bits per heavy atom. The number of thioether (sulfide) groups is 1. The van der Waals surface area contributed by atoms with Gasteiger partial charge in [-0.25, -0.2) is 9.89 Å². The average molecular weight is 260 g/mol. The van der Waals surface area contributed by atoms with Gasteiger partial charge in [0.15, 0.2) is 5.16 Å². The number of nitriles is 1. The molecule has 18 heavy (non-hydrogen) atoms. The second kappa shape index (κ2) is 6.07. The van der Waals surface area contributed by atoms with Gasteiger partial charge in [-0.15, -0.1) is 5.10 Å². The quantitative estimate of drug-likeness (QED) is 0.825. The third-order valence-electron chi connectivity index (χ3n) is 2.46. The molecule has 2 rings (SSSR count). The molecule has 0 bridgehead atoms. The fourth-order valence-corrected chi connectivity index (χ4v) is 2.23. The number of rotatable bonds is 5. The number of nitrogens with zero attached hydrogens (tertiary/aromatic N) is 3. The van der Waals surface area contributed by atoms with Crippen molar-refractivity contribution in [2.24, 2.45) is 0 Å². The number of benzene rings is 1. The Morgan fingerprint density at radius 1 is 1.39 bits per heavy atom. The van der Waals surface area contributed by atoms with Gasteiger partial charge in [-0.2, -0.15) is 5.26 Å². The van der Waals surface area contributed by atoms with Crippen LogP contribution in [0.2, 0.25) is 0 Å². The van der Waals surface area contributed by atoms with Gasteiger partial charge >= 0.3 is 5.69 Å². The summed E-state index contributed by atoms with van der Waals surface area (Å²) in [6, 6.07) is 12.0. The summed E-state index contributed by atoms with van der Waals surface area (Å²) in [5.74, 6) is 0.287. The van der Waals surface area contributed by atoms with Crippen molar-refractivity contribution in [2.75, 3.05) is 5.75 Å². The fourth-order valence-electron chi connectivity index (χ4n) is 1.59. The molecule has 0 saturated heterocycles. The van der Waals surface area contributed by atoms with Crippen molar-refractivity contribution in [1.29, 1.82) is 5.26 Å². The van der Waals surface area contributed by atoms with E-state index in [0.717, 1.165) is 6.42 Å². The largest absolute Gasteiger partial charge is 0.343 e. The fraction of sp³-hybridized carbons (Fsp3) is 0.250. The van der Waals surface area contributed by atoms with Gasteiger partial charge in [-0.05, 0) is 12.0 Å². The van der Waals surface area contributed by atoms with Gasteiger partial charge in [0.1, 0.15) is 0 Å². The molecule has 0 fully saturated rings. The molecule has 0 saturated carbocycles. The third-order valence-corrected chi connectivity index (χ3v) is 3.30. The van der Waals surface area contributed by atoms with Crippen LogP contribution in [0.5, 0.6) is 0 Å². The third kappa shape index (κ3) is 3.02. The first-order chi connectivity index (χ1) is 8.81. The summed E-state index contributed by atoms with van der Waals surface area (Å²) in [7, 11) is 0. The predicted molar refractivity (Wildman–Crippen MR) is 69.3 cm³/mol. The summed E-state index contributed by atoms with van der Waals surface area (Å²) in [6.07, 6.45) is 0.764. The van der Waals surface area contributed by atoms with Crippen LogP contribution in [-0.4, -0.2) is 20.5 Å². The highest BCUT2D eigenvalue weighted by Crippen LogP contribution is 2.12. The Labute approximate surface area is 108 Å². The molecule has 1 heterocycles. The maximum absolute atomic E-state index is 11.6. The van der Waals surface area contributed by atoms with Crippen LogP contribution in [0, 0.1) is 11.3 Å². The van der Waals surface area contributed by atoms with Crippen LogP contribution in [0.3, 0.4) is 0 Å². The van der Waals surface area contributed by atoms with E-state index in [1.54, 1.807) is 4.57 Å². The van der Waals surface area contributed by atoms with E-state index in [9.17, 15) is 4.79 Å². The minimum Gasteiger partial charge on any atom is -0.270 e. The maximum atomic E-state index is 11.6. The minimum atomic E-state index is -0.230. The molecule has 1 aromatic heterocycles. The molecular weight excluding hydrogens is 248 g/mol. The zero-order chi connectivity index (χ0) is 12.8. The minimum absolute atomic E-state index is 0.230. The van der Waals surface area contributed by atoms with Crippen molar-refractivity contribution in [3.63, 3.8) is 0 Å². The number of H-pyrrole nitrogens is 1. The van der Waals surface area contributed by atoms with E-state index in [1.165, 1.54) is 17.3 Å². The molecule has 0 amide bonds. The van der Waals surface area contributed by atoms with Crippen LogP contribution < -0.4 is 5.69 Å². The second-order valence-corrected chi connectivity index (χ2v) is 4.59. The molecule has 5 nitrogen and oxygen atoms in total. The summed E-state index contributed by atoms with van der Waals surface area (Å²) in [5.41, 5.74) is 0.938. The lowest BCUT2D eigenvalue weighted by Crippen LogP contribution is -2.18. The summed E-state index contributed by atoms with van der Waals surface area (Å²) in [6.45, 7) is 0.563. The SMILES string of the molecule is N#CCSc1n[nH]c(=O)n1CCc1ccccc1. The lowest BCUT2D eigenvalue weighted by molar-refractivity contribution is 0.616. The molecule has 6 heteroatoms. The molecule has 92 valence electrons. The predicted octanol–water partition coefficient (Wildman–Crippen LogP) is 1.43. The molecule has 1 N–H and O–H groups in total. The van der Waals surface area contributed by atoms with Crippen LogP contribution in [0.4, 0.5) is 0 Å². The molecule has 0 aliphatic carbocycles. The van der Waals surface area contributed by atoms with Gasteiger partial charge in [-0.3, -0.25) is 4.57 Å². The number of nitrogens with one attached hydrogen (secondary N) is 1. The van der Waals surface area contributed by atoms with E-state index >= 15 is 0 Å². The van der Waals surface area contributed by atoms with Crippen LogP contribution in [0.1, 0.15) is 5.56 Å². The molecule has 2 aromatic rings. The van der Waals surface area contributed by atoms with Gasteiger partial charge in [0, 0.05) is 6.54 Å². The molecule has 0 radical (unpaired) electrons. The van der Waals surface area contributed by atoms with Crippen molar-refractivity contribution < 1.29 is 0 Å². The number of hydrogen-bond acceptors (Lipinski definition) is 4. The highest BCUT2D eigenvalue weighted by Gasteiger charge is 2.08. The lowest BCUT2D eigenvalue weighted by atomic mass is 10.1. The smallest absolute Gasteiger partial charge is 0.270 e. The van der Waals surface area contributed by atoms with Crippen LogP contribution >= 0.6 is 11.8 Å². The summed E-state index contributed by atoms with van der Waals surface area (Å²) >= 11 is 1.26. The van der Waals surface area contributed by atoms with Gasteiger partial charge in [0.25, 0.3) is 0 Å². The number of aromatic nitrogens is 3. The van der Waals surface area contributed by atoms with Gasteiger partial charge in [0.2, 0.25) is 0 Å². The Bertz CT molecular complexity index is 597. The zero-order valence-electron chi connectivity index (χ0n) is 9.67. The topological polar surface area (TPSA) is 74.5 Å². The van der Waals surface area contributed by atoms with Crippen LogP contribution in [0.15, 0.2) is 40.3 Å². The Balaban J connectivity index is 2.07. The summed E-state index contributed by atoms with van der Waals surface area (Å²) in [5, 5.41) is 15.4. The summed E-state index contributed by atoms with van der Waals surface area (Å²) < 4.78 is 1.56. The molecule has 0 atom stereocenters. The van der Waals surface area contributed by atoms with Crippen molar-refractivity contribution in [2.45, 2.75) is 18.1 Å². The van der Waals surface area contributed by atoms with Crippen molar-refractivity contribution in [3.8, 4) is 6.07 Å². The monoisotopic (exact) mass is 260 g/mol. The van der Waals surface area contributed by atoms with Crippen molar-refractivity contribution in [3.05, 3.63) is 46.4 Å². The first-order valence-corrected chi connectivity index (χ1v) is 6.48.